The van der Waals surface area contributed by atoms with E-state index in [-0.39, 0.29) is 62.1 Å². The highest BCUT2D eigenvalue weighted by Gasteiger charge is 2.57. The minimum Gasteiger partial charge on any atom is -0.470 e. The molecule has 2 atom stereocenters. The first kappa shape index (κ1) is 49.6. The van der Waals surface area contributed by atoms with Crippen molar-refractivity contribution in [3.8, 4) is 16.9 Å². The van der Waals surface area contributed by atoms with Crippen molar-refractivity contribution in [2.24, 2.45) is 0 Å². The lowest BCUT2D eigenvalue weighted by Crippen LogP contribution is -2.63. The van der Waals surface area contributed by atoms with E-state index in [0.29, 0.717) is 0 Å². The second-order valence-electron chi connectivity index (χ2n) is 30.2. The van der Waals surface area contributed by atoms with E-state index < -0.39 is 0 Å². The fourth-order valence-corrected chi connectivity index (χ4v) is 14.8. The predicted molar refractivity (Wildman–Crippen MR) is 317 cm³/mol. The molecule has 3 aliphatic heterocycles. The highest BCUT2D eigenvalue weighted by atomic mass is 16.5. The Labute approximate surface area is 447 Å². The summed E-state index contributed by atoms with van der Waals surface area (Å²) in [5.74, 6) is 1.10. The summed E-state index contributed by atoms with van der Waals surface area (Å²) in [7, 11) is 0. The van der Waals surface area contributed by atoms with Crippen molar-refractivity contribution in [2.75, 3.05) is 9.80 Å². The smallest absolute Gasteiger partial charge is 0.231 e. The molecule has 74 heavy (non-hydrogen) atoms. The molecule has 3 nitrogen and oxygen atoms in total. The monoisotopic (exact) mass is 981 g/mol. The van der Waals surface area contributed by atoms with Gasteiger partial charge in [-0.2, -0.15) is 0 Å². The molecule has 3 heterocycles. The Balaban J connectivity index is 1.25. The maximum atomic E-state index is 7.79. The van der Waals surface area contributed by atoms with E-state index in [1.54, 1.807) is 0 Å². The third-order valence-corrected chi connectivity index (χ3v) is 20.2. The van der Waals surface area contributed by atoms with E-state index in [4.69, 9.17) is 4.74 Å². The van der Waals surface area contributed by atoms with Gasteiger partial charge in [0.15, 0.2) is 6.23 Å². The quantitative estimate of drug-likeness (QED) is 0.164. The van der Waals surface area contributed by atoms with Gasteiger partial charge in [0.2, 0.25) is 6.71 Å². The Morgan fingerprint density at radius 2 is 0.919 bits per heavy atom. The molecule has 0 saturated carbocycles. The molecule has 12 rings (SSSR count). The number of fused-ring (bicyclic) bond motifs is 9. The highest BCUT2D eigenvalue weighted by Crippen LogP contribution is 2.59. The number of nitrogens with zero attached hydrogens (tertiary/aromatic N) is 2. The second kappa shape index (κ2) is 15.7. The molecule has 4 heteroatoms. The van der Waals surface area contributed by atoms with Crippen molar-refractivity contribution < 1.29 is 4.74 Å². The average Bonchev–Trinajstić information content (AvgIpc) is 3.70. The average molecular weight is 981 g/mol. The van der Waals surface area contributed by atoms with Crippen molar-refractivity contribution in [3.63, 3.8) is 0 Å². The van der Waals surface area contributed by atoms with Crippen LogP contribution in [0.25, 0.3) is 11.1 Å². The van der Waals surface area contributed by atoms with Crippen LogP contribution >= 0.6 is 0 Å². The van der Waals surface area contributed by atoms with Crippen LogP contribution in [0.15, 0.2) is 103 Å². The van der Waals surface area contributed by atoms with E-state index in [0.717, 1.165) is 25.0 Å². The summed E-state index contributed by atoms with van der Waals surface area (Å²) in [4.78, 5) is 5.46. The van der Waals surface area contributed by atoms with Crippen LogP contribution in [0.5, 0.6) is 5.75 Å². The first-order chi connectivity index (χ1) is 34.4. The summed E-state index contributed by atoms with van der Waals surface area (Å²) in [6.45, 7) is 44.1. The van der Waals surface area contributed by atoms with Crippen molar-refractivity contribution >= 4 is 46.1 Å². The van der Waals surface area contributed by atoms with Crippen LogP contribution in [0, 0.1) is 0 Å². The maximum absolute atomic E-state index is 7.79. The molecule has 6 aliphatic rings. The Morgan fingerprint density at radius 1 is 0.459 bits per heavy atom. The fraction of sp³-hybridized carbons (Fsp3) is 0.486. The molecule has 384 valence electrons. The molecule has 6 aromatic rings. The Hall–Kier alpha value is -5.22. The van der Waals surface area contributed by atoms with Gasteiger partial charge in [0.25, 0.3) is 0 Å². The van der Waals surface area contributed by atoms with Crippen molar-refractivity contribution in [1.29, 1.82) is 0 Å². The van der Waals surface area contributed by atoms with Crippen LogP contribution in [-0.4, -0.2) is 12.9 Å². The number of rotatable bonds is 3. The fourth-order valence-electron chi connectivity index (χ4n) is 14.8. The summed E-state index contributed by atoms with van der Waals surface area (Å²) >= 11 is 0. The van der Waals surface area contributed by atoms with Crippen LogP contribution in [0.4, 0.5) is 28.4 Å². The predicted octanol–water partition coefficient (Wildman–Crippen LogP) is 17.6. The molecule has 2 unspecified atom stereocenters. The van der Waals surface area contributed by atoms with Gasteiger partial charge in [-0.1, -0.05) is 179 Å². The van der Waals surface area contributed by atoms with E-state index in [9.17, 15) is 0 Å². The summed E-state index contributed by atoms with van der Waals surface area (Å²) in [6.07, 6.45) is 6.74. The topological polar surface area (TPSA) is 15.7 Å². The molecule has 3 aliphatic carbocycles. The van der Waals surface area contributed by atoms with Gasteiger partial charge in [0.1, 0.15) is 5.75 Å². The summed E-state index contributed by atoms with van der Waals surface area (Å²) in [5.41, 5.74) is 24.9. The number of anilines is 5. The largest absolute Gasteiger partial charge is 0.470 e. The first-order valence-corrected chi connectivity index (χ1v) is 28.6. The van der Waals surface area contributed by atoms with E-state index in [1.165, 1.54) is 120 Å². The molecule has 0 bridgehead atoms. The molecule has 0 saturated heterocycles. The lowest BCUT2D eigenvalue weighted by molar-refractivity contribution is 0.231. The third kappa shape index (κ3) is 7.39. The minimum absolute atomic E-state index is 0.0139. The third-order valence-electron chi connectivity index (χ3n) is 20.2. The van der Waals surface area contributed by atoms with Crippen molar-refractivity contribution in [1.82, 2.24) is 0 Å². The molecule has 0 amide bonds. The molecule has 0 spiro atoms. The molecule has 6 aromatic carbocycles. The number of benzene rings is 6. The molecule has 0 radical (unpaired) electrons. The van der Waals surface area contributed by atoms with Gasteiger partial charge in [-0.25, -0.2) is 0 Å². The normalized spacial score (nSPS) is 22.8. The van der Waals surface area contributed by atoms with Crippen molar-refractivity contribution in [3.05, 3.63) is 153 Å². The van der Waals surface area contributed by atoms with Crippen LogP contribution in [0.1, 0.15) is 219 Å². The van der Waals surface area contributed by atoms with Gasteiger partial charge in [-0.15, -0.1) is 0 Å². The first-order valence-electron chi connectivity index (χ1n) is 28.6. The minimum atomic E-state index is -0.257. The second-order valence-corrected chi connectivity index (χ2v) is 30.2. The van der Waals surface area contributed by atoms with Gasteiger partial charge in [-0.05, 0) is 197 Å². The zero-order valence-corrected chi connectivity index (χ0v) is 48.6. The van der Waals surface area contributed by atoms with Crippen LogP contribution in [-0.2, 0) is 43.3 Å². The van der Waals surface area contributed by atoms with Crippen molar-refractivity contribution in [2.45, 2.75) is 219 Å². The summed E-state index contributed by atoms with van der Waals surface area (Å²) in [5, 5.41) is 0. The van der Waals surface area contributed by atoms with Crippen LogP contribution in [0.3, 0.4) is 0 Å². The van der Waals surface area contributed by atoms with Gasteiger partial charge in [0, 0.05) is 34.1 Å². The number of hydrogen-bond donors (Lipinski definition) is 0. The molecular formula is C70H85BN2O. The molecular weight excluding hydrogens is 896 g/mol. The Bertz CT molecular complexity index is 3300. The number of hydrogen-bond acceptors (Lipinski definition) is 3. The molecule has 0 aromatic heterocycles. The molecule has 0 fully saturated rings. The van der Waals surface area contributed by atoms with Gasteiger partial charge >= 0.3 is 0 Å². The highest BCUT2D eigenvalue weighted by molar-refractivity contribution is 6.91. The zero-order chi connectivity index (χ0) is 52.8. The number of ether oxygens (including phenoxy) is 1. The molecule has 0 N–H and O–H groups in total. The van der Waals surface area contributed by atoms with Crippen LogP contribution < -0.4 is 25.5 Å². The van der Waals surface area contributed by atoms with E-state index in [2.05, 4.69) is 238 Å². The standard InChI is InChI=1S/C70H85BN2O/c1-63(2,3)43-24-26-45(27-25-43)72-57-34-44(64(4,5)6)35-58-61(57)71(60-47-37-49-53(41-59(47)74-62(60)72)70(17,18)33-29-66(49,9)10)54-38-50-52(69(15,16)32-30-67(50,11)12)40-56(54)73(58)55-39-51-48(65(7,8)28-31-68(51,13)14)36-46(55)42-22-20-19-21-23-42/h19-27,34-41,60,62H,28-33H2,1-18H3. The van der Waals surface area contributed by atoms with Crippen LogP contribution in [0.2, 0.25) is 0 Å². The Kier molecular flexibility index (Phi) is 10.5. The maximum Gasteiger partial charge on any atom is 0.231 e. The van der Waals surface area contributed by atoms with Gasteiger partial charge in [0.05, 0.1) is 5.69 Å². The lowest BCUT2D eigenvalue weighted by Gasteiger charge is -2.50. The zero-order valence-electron chi connectivity index (χ0n) is 48.6. The van der Waals surface area contributed by atoms with Gasteiger partial charge in [-0.3, -0.25) is 0 Å². The lowest BCUT2D eigenvalue weighted by atomic mass is 9.29. The van der Waals surface area contributed by atoms with E-state index >= 15 is 0 Å². The van der Waals surface area contributed by atoms with E-state index in [1.807, 2.05) is 0 Å². The summed E-state index contributed by atoms with van der Waals surface area (Å²) < 4.78 is 7.79. The Morgan fingerprint density at radius 3 is 1.45 bits per heavy atom. The van der Waals surface area contributed by atoms with Gasteiger partial charge < -0.3 is 14.5 Å². The SMILES string of the molecule is CC(C)(C)c1ccc(N2c3cc(C(C)(C)C)cc4c3B(c3cc5c(cc3N4c3cc4c(cc3-c3ccccc3)C(C)(C)CCC4(C)C)C(C)(C)CCC5(C)C)C3c4cc5c(cc4OC32)C(C)(C)CCC5(C)C)cc1. The summed E-state index contributed by atoms with van der Waals surface area (Å²) in [6, 6.07) is 42.0.